The maximum Gasteiger partial charge on any atom is 0.243 e. The summed E-state index contributed by atoms with van der Waals surface area (Å²) in [6, 6.07) is 6.90. The lowest BCUT2D eigenvalue weighted by Gasteiger charge is -2.25. The molecular weight excluding hydrogens is 382 g/mol. The van der Waals surface area contributed by atoms with Gasteiger partial charge < -0.3 is 5.32 Å². The van der Waals surface area contributed by atoms with Crippen LogP contribution in [0.25, 0.3) is 0 Å². The molecule has 1 amide bonds. The highest BCUT2D eigenvalue weighted by Crippen LogP contribution is 2.31. The number of hydrogen-bond donors (Lipinski definition) is 1. The second-order valence-electron chi connectivity index (χ2n) is 6.97. The van der Waals surface area contributed by atoms with Crippen LogP contribution >= 0.6 is 11.3 Å². The monoisotopic (exact) mass is 407 g/mol. The molecule has 1 aliphatic heterocycles. The summed E-state index contributed by atoms with van der Waals surface area (Å²) in [5.74, 6) is -0.0959. The average molecular weight is 408 g/mol. The standard InChI is InChI=1S/C19H25N3O3S2/c1-4-5-14(3)18(23)21-19-20-16-10-11-22(12-17(16)26-19)27(24,25)15-8-6-13(2)7-9-15/h6-9,14H,4-5,10-12H2,1-3H3,(H,20,21,23). The van der Waals surface area contributed by atoms with Crippen LogP contribution in [0.1, 0.15) is 42.8 Å². The van der Waals surface area contributed by atoms with E-state index < -0.39 is 10.0 Å². The summed E-state index contributed by atoms with van der Waals surface area (Å²) in [6.07, 6.45) is 2.34. The first kappa shape index (κ1) is 20.0. The highest BCUT2D eigenvalue weighted by molar-refractivity contribution is 7.89. The first-order valence-electron chi connectivity index (χ1n) is 9.17. The fourth-order valence-corrected chi connectivity index (χ4v) is 5.60. The molecule has 1 N–H and O–H groups in total. The first-order valence-corrected chi connectivity index (χ1v) is 11.4. The van der Waals surface area contributed by atoms with Crippen molar-refractivity contribution in [1.82, 2.24) is 9.29 Å². The van der Waals surface area contributed by atoms with E-state index >= 15 is 0 Å². The van der Waals surface area contributed by atoms with E-state index in [9.17, 15) is 13.2 Å². The number of amides is 1. The highest BCUT2D eigenvalue weighted by Gasteiger charge is 2.30. The van der Waals surface area contributed by atoms with E-state index in [1.165, 1.54) is 15.6 Å². The van der Waals surface area contributed by atoms with Gasteiger partial charge in [-0.05, 0) is 25.5 Å². The molecule has 0 saturated heterocycles. The number of anilines is 1. The molecule has 0 saturated carbocycles. The maximum absolute atomic E-state index is 12.9. The molecule has 1 aromatic carbocycles. The van der Waals surface area contributed by atoms with Crippen LogP contribution in [0.5, 0.6) is 0 Å². The Bertz CT molecular complexity index is 920. The molecule has 1 atom stereocenters. The SMILES string of the molecule is CCCC(C)C(=O)Nc1nc2c(s1)CN(S(=O)(=O)c1ccc(C)cc1)CC2. The minimum absolute atomic E-state index is 0.0351. The van der Waals surface area contributed by atoms with Gasteiger partial charge >= 0.3 is 0 Å². The van der Waals surface area contributed by atoms with Crippen molar-refractivity contribution in [1.29, 1.82) is 0 Å². The van der Waals surface area contributed by atoms with Crippen molar-refractivity contribution >= 4 is 32.4 Å². The number of nitrogens with zero attached hydrogens (tertiary/aromatic N) is 2. The van der Waals surface area contributed by atoms with Crippen molar-refractivity contribution < 1.29 is 13.2 Å². The van der Waals surface area contributed by atoms with Crippen LogP contribution in [-0.2, 0) is 27.8 Å². The summed E-state index contributed by atoms with van der Waals surface area (Å²) in [6.45, 7) is 6.57. The summed E-state index contributed by atoms with van der Waals surface area (Å²) in [5.41, 5.74) is 1.91. The molecule has 6 nitrogen and oxygen atoms in total. The Morgan fingerprint density at radius 1 is 1.33 bits per heavy atom. The van der Waals surface area contributed by atoms with Gasteiger partial charge in [0.1, 0.15) is 0 Å². The van der Waals surface area contributed by atoms with Gasteiger partial charge in [0.05, 0.1) is 17.1 Å². The lowest BCUT2D eigenvalue weighted by atomic mass is 10.1. The van der Waals surface area contributed by atoms with E-state index in [1.807, 2.05) is 13.8 Å². The van der Waals surface area contributed by atoms with E-state index in [0.29, 0.717) is 29.5 Å². The normalized spacial score (nSPS) is 16.0. The fourth-order valence-electron chi connectivity index (χ4n) is 3.08. The number of carbonyl (C=O) groups excluding carboxylic acids is 1. The number of nitrogens with one attached hydrogen (secondary N) is 1. The summed E-state index contributed by atoms with van der Waals surface area (Å²) >= 11 is 1.37. The number of aryl methyl sites for hydroxylation is 1. The van der Waals surface area contributed by atoms with Crippen LogP contribution in [0.15, 0.2) is 29.2 Å². The third-order valence-electron chi connectivity index (χ3n) is 4.75. The van der Waals surface area contributed by atoms with Crippen molar-refractivity contribution in [2.45, 2.75) is 51.5 Å². The van der Waals surface area contributed by atoms with Crippen LogP contribution in [-0.4, -0.2) is 30.2 Å². The Labute approximate surface area is 164 Å². The molecule has 0 fully saturated rings. The number of fused-ring (bicyclic) bond motifs is 1. The van der Waals surface area contributed by atoms with Gasteiger partial charge in [-0.15, -0.1) is 11.3 Å². The van der Waals surface area contributed by atoms with Crippen molar-refractivity contribution in [2.75, 3.05) is 11.9 Å². The smallest absolute Gasteiger partial charge is 0.243 e. The van der Waals surface area contributed by atoms with E-state index in [-0.39, 0.29) is 11.8 Å². The topological polar surface area (TPSA) is 79.4 Å². The van der Waals surface area contributed by atoms with Gasteiger partial charge in [-0.3, -0.25) is 4.79 Å². The molecule has 146 valence electrons. The minimum atomic E-state index is -3.53. The molecular formula is C19H25N3O3S2. The zero-order valence-corrected chi connectivity index (χ0v) is 17.5. The van der Waals surface area contributed by atoms with Gasteiger partial charge in [0.15, 0.2) is 5.13 Å². The Morgan fingerprint density at radius 3 is 2.70 bits per heavy atom. The van der Waals surface area contributed by atoms with Gasteiger partial charge in [-0.2, -0.15) is 4.31 Å². The van der Waals surface area contributed by atoms with Crippen molar-refractivity contribution in [3.63, 3.8) is 0 Å². The number of thiazole rings is 1. The van der Waals surface area contributed by atoms with Crippen LogP contribution in [0.4, 0.5) is 5.13 Å². The first-order chi connectivity index (χ1) is 12.8. The minimum Gasteiger partial charge on any atom is -0.302 e. The van der Waals surface area contributed by atoms with Crippen LogP contribution in [0.3, 0.4) is 0 Å². The molecule has 2 heterocycles. The summed E-state index contributed by atoms with van der Waals surface area (Å²) < 4.78 is 27.3. The summed E-state index contributed by atoms with van der Waals surface area (Å²) in [7, 11) is -3.53. The molecule has 0 radical (unpaired) electrons. The fraction of sp³-hybridized carbons (Fsp3) is 0.474. The molecule has 1 aliphatic rings. The Morgan fingerprint density at radius 2 is 2.04 bits per heavy atom. The predicted molar refractivity (Wildman–Crippen MR) is 107 cm³/mol. The van der Waals surface area contributed by atoms with E-state index in [1.54, 1.807) is 24.3 Å². The predicted octanol–water partition coefficient (Wildman–Crippen LogP) is 3.57. The van der Waals surface area contributed by atoms with Gasteiger partial charge in [0.25, 0.3) is 0 Å². The summed E-state index contributed by atoms with van der Waals surface area (Å²) in [5, 5.41) is 3.43. The number of benzene rings is 1. The van der Waals surface area contributed by atoms with Gasteiger partial charge in [-0.25, -0.2) is 13.4 Å². The molecule has 1 aromatic heterocycles. The van der Waals surface area contributed by atoms with Crippen molar-refractivity contribution in [3.8, 4) is 0 Å². The van der Waals surface area contributed by atoms with Crippen LogP contribution < -0.4 is 5.32 Å². The van der Waals surface area contributed by atoms with Crippen molar-refractivity contribution in [3.05, 3.63) is 40.4 Å². The Hall–Kier alpha value is -1.77. The van der Waals surface area contributed by atoms with Gasteiger partial charge in [0, 0.05) is 23.8 Å². The largest absolute Gasteiger partial charge is 0.302 e. The zero-order valence-electron chi connectivity index (χ0n) is 15.9. The molecule has 3 rings (SSSR count). The number of carbonyl (C=O) groups is 1. The Balaban J connectivity index is 1.74. The van der Waals surface area contributed by atoms with Crippen LogP contribution in [0.2, 0.25) is 0 Å². The maximum atomic E-state index is 12.9. The quantitative estimate of drug-likeness (QED) is 0.794. The molecule has 0 aliphatic carbocycles. The third kappa shape index (κ3) is 4.39. The lowest BCUT2D eigenvalue weighted by molar-refractivity contribution is -0.119. The Kier molecular flexibility index (Phi) is 5.98. The number of aromatic nitrogens is 1. The third-order valence-corrected chi connectivity index (χ3v) is 7.61. The van der Waals surface area contributed by atoms with Crippen LogP contribution in [0, 0.1) is 12.8 Å². The molecule has 2 aromatic rings. The average Bonchev–Trinajstić information content (AvgIpc) is 3.03. The highest BCUT2D eigenvalue weighted by atomic mass is 32.2. The van der Waals surface area contributed by atoms with E-state index in [2.05, 4.69) is 17.2 Å². The second-order valence-corrected chi connectivity index (χ2v) is 9.99. The van der Waals surface area contributed by atoms with Gasteiger partial charge in [0.2, 0.25) is 15.9 Å². The van der Waals surface area contributed by atoms with Gasteiger partial charge in [-0.1, -0.05) is 38.0 Å². The summed E-state index contributed by atoms with van der Waals surface area (Å²) in [4.78, 5) is 17.9. The van der Waals surface area contributed by atoms with E-state index in [0.717, 1.165) is 29.0 Å². The molecule has 27 heavy (non-hydrogen) atoms. The lowest BCUT2D eigenvalue weighted by Crippen LogP contribution is -2.35. The number of hydrogen-bond acceptors (Lipinski definition) is 5. The number of sulfonamides is 1. The van der Waals surface area contributed by atoms with Crippen molar-refractivity contribution in [2.24, 2.45) is 5.92 Å². The molecule has 0 bridgehead atoms. The molecule has 1 unspecified atom stereocenters. The second kappa shape index (κ2) is 8.08. The zero-order chi connectivity index (χ0) is 19.6. The molecule has 8 heteroatoms. The van der Waals surface area contributed by atoms with E-state index in [4.69, 9.17) is 0 Å². The molecule has 0 spiro atoms. The number of rotatable bonds is 6.